The predicted molar refractivity (Wildman–Crippen MR) is 76.6 cm³/mol. The fourth-order valence-electron chi connectivity index (χ4n) is 1.37. The van der Waals surface area contributed by atoms with Crippen LogP contribution in [0.1, 0.15) is 18.1 Å². The molecule has 1 N–H and O–H groups in total. The van der Waals surface area contributed by atoms with Gasteiger partial charge in [-0.15, -0.1) is 0 Å². The Bertz CT molecular complexity index is 435. The third-order valence-electron chi connectivity index (χ3n) is 1.93. The molecular weight excluding hydrogens is 305 g/mol. The molecule has 0 aromatic heterocycles. The van der Waals surface area contributed by atoms with Crippen LogP contribution in [0.2, 0.25) is 0 Å². The zero-order valence-electron chi connectivity index (χ0n) is 7.75. The fourth-order valence-corrected chi connectivity index (χ4v) is 3.18. The van der Waals surface area contributed by atoms with E-state index in [0.717, 1.165) is 10.7 Å². The van der Waals surface area contributed by atoms with Crippen molar-refractivity contribution in [2.45, 2.75) is 6.92 Å². The highest BCUT2D eigenvalue weighted by atomic mass is 127. The number of hydrogen-bond acceptors (Lipinski definition) is 1. The second-order valence-electron chi connectivity index (χ2n) is 3.02. The molecule has 1 aromatic carbocycles. The second kappa shape index (κ2) is 4.31. The van der Waals surface area contributed by atoms with Crippen LogP contribution in [0.25, 0.3) is 6.08 Å². The number of fused-ring (bicyclic) bond motifs is 1. The molecule has 0 aliphatic carbocycles. The number of benzene rings is 1. The molecule has 2 rings (SSSR count). The Balaban J connectivity index is 2.47. The van der Waals surface area contributed by atoms with Gasteiger partial charge >= 0.3 is 0 Å². The van der Waals surface area contributed by atoms with Crippen LogP contribution in [0.15, 0.2) is 22.3 Å². The van der Waals surface area contributed by atoms with Crippen molar-refractivity contribution in [3.8, 4) is 0 Å². The lowest BCUT2D eigenvalue weighted by atomic mass is 10.1. The Morgan fingerprint density at radius 3 is 3.07 bits per heavy atom. The zero-order valence-corrected chi connectivity index (χ0v) is 10.7. The molecule has 1 aromatic rings. The number of rotatable bonds is 1. The first-order chi connectivity index (χ1) is 6.77. The van der Waals surface area contributed by atoms with Gasteiger partial charge in [0.25, 0.3) is 0 Å². The van der Waals surface area contributed by atoms with Gasteiger partial charge in [0.1, 0.15) is 0 Å². The molecule has 1 heterocycles. The lowest BCUT2D eigenvalue weighted by Gasteiger charge is -2.12. The van der Waals surface area contributed by atoms with Crippen LogP contribution in [0.3, 0.4) is 0 Å². The highest BCUT2D eigenvalue weighted by Crippen LogP contribution is 2.26. The summed E-state index contributed by atoms with van der Waals surface area (Å²) in [6, 6.07) is 6.29. The van der Waals surface area contributed by atoms with Crippen molar-refractivity contribution in [2.75, 3.05) is 5.32 Å². The minimum absolute atomic E-state index is 0.126. The maximum absolute atomic E-state index is 5.04. The van der Waals surface area contributed by atoms with Crippen molar-refractivity contribution in [3.05, 3.63) is 33.4 Å². The molecule has 0 saturated heterocycles. The van der Waals surface area contributed by atoms with Crippen molar-refractivity contribution in [2.24, 2.45) is 0 Å². The first kappa shape index (κ1) is 9.98. The summed E-state index contributed by atoms with van der Waals surface area (Å²) in [6.07, 6.45) is 2.20. The molecule has 0 unspecified atom stereocenters. The van der Waals surface area contributed by atoms with E-state index in [1.807, 2.05) is 6.92 Å². The number of thiocarbonyl (C=S) groups is 1. The van der Waals surface area contributed by atoms with E-state index in [4.69, 9.17) is 12.2 Å². The summed E-state index contributed by atoms with van der Waals surface area (Å²) < 4.78 is 4.60. The average Bonchev–Trinajstić information content (AvgIpc) is 2.18. The minimum atomic E-state index is 0.126. The summed E-state index contributed by atoms with van der Waals surface area (Å²) >= 11 is 5.17. The third-order valence-corrected chi connectivity index (χ3v) is 3.84. The van der Waals surface area contributed by atoms with E-state index in [-0.39, 0.29) is 20.7 Å². The Morgan fingerprint density at radius 1 is 1.43 bits per heavy atom. The molecule has 0 fully saturated rings. The van der Waals surface area contributed by atoms with Gasteiger partial charge in [-0.05, 0) is 32.7 Å². The minimum Gasteiger partial charge on any atom is -0.350 e. The Labute approximate surface area is 99.0 Å². The molecule has 1 nitrogen and oxygen atoms in total. The number of halogens is 1. The molecule has 0 atom stereocenters. The van der Waals surface area contributed by atoms with Gasteiger partial charge in [0.05, 0.1) is 4.99 Å². The molecule has 14 heavy (non-hydrogen) atoms. The normalized spacial score (nSPS) is 12.9. The van der Waals surface area contributed by atoms with E-state index in [1.54, 1.807) is 0 Å². The Morgan fingerprint density at radius 2 is 2.29 bits per heavy atom. The lowest BCUT2D eigenvalue weighted by Crippen LogP contribution is -2.06. The van der Waals surface area contributed by atoms with E-state index in [2.05, 4.69) is 37.7 Å². The molecule has 0 spiro atoms. The van der Waals surface area contributed by atoms with Crippen molar-refractivity contribution in [1.82, 2.24) is 0 Å². The maximum atomic E-state index is 5.04. The fraction of sp³-hybridized carbons (Fsp3) is 0.0909. The monoisotopic (exact) mass is 315 g/mol. The van der Waals surface area contributed by atoms with Gasteiger partial charge in [-0.2, -0.15) is 0 Å². The molecule has 1 aliphatic rings. The van der Waals surface area contributed by atoms with Gasteiger partial charge in [0, 0.05) is 11.3 Å². The van der Waals surface area contributed by atoms with E-state index < -0.39 is 0 Å². The van der Waals surface area contributed by atoms with Crippen molar-refractivity contribution < 1.29 is 0 Å². The summed E-state index contributed by atoms with van der Waals surface area (Å²) in [7, 11) is 0. The summed E-state index contributed by atoms with van der Waals surface area (Å²) in [6.45, 7) is 1.90. The molecule has 0 radical (unpaired) electrons. The van der Waals surface area contributed by atoms with Crippen molar-refractivity contribution in [1.29, 1.82) is 0 Å². The van der Waals surface area contributed by atoms with Gasteiger partial charge in [-0.1, -0.05) is 45.1 Å². The van der Waals surface area contributed by atoms with Crippen LogP contribution < -0.4 is 5.32 Å². The number of nitrogens with one attached hydrogen (secondary N) is 1. The summed E-state index contributed by atoms with van der Waals surface area (Å²) in [5.74, 6) is 0. The topological polar surface area (TPSA) is 12.0 Å². The first-order valence-electron chi connectivity index (χ1n) is 4.30. The summed E-state index contributed by atoms with van der Waals surface area (Å²) in [4.78, 5) is 0.812. The smallest absolute Gasteiger partial charge is 0.0765 e. The molecule has 0 amide bonds. The Hall–Kier alpha value is -0.550. The predicted octanol–water partition coefficient (Wildman–Crippen LogP) is 3.55. The van der Waals surface area contributed by atoms with E-state index >= 15 is 0 Å². The van der Waals surface area contributed by atoms with Gasteiger partial charge in [-0.3, -0.25) is 0 Å². The van der Waals surface area contributed by atoms with Gasteiger partial charge in [-0.25, -0.2) is 0 Å². The Kier molecular flexibility index (Phi) is 3.08. The zero-order chi connectivity index (χ0) is 9.97. The molecule has 0 bridgehead atoms. The number of anilines is 1. The van der Waals surface area contributed by atoms with Crippen LogP contribution >= 0.6 is 32.9 Å². The molecule has 1 aliphatic heterocycles. The van der Waals surface area contributed by atoms with Crippen molar-refractivity contribution >= 4 is 53.7 Å². The molecule has 0 saturated carbocycles. The van der Waals surface area contributed by atoms with E-state index in [1.165, 1.54) is 11.1 Å². The molecule has 3 heteroatoms. The average molecular weight is 315 g/mol. The van der Waals surface area contributed by atoms with Gasteiger partial charge in [0.2, 0.25) is 0 Å². The summed E-state index contributed by atoms with van der Waals surface area (Å²) in [5.41, 5.74) is 3.72. The first-order valence-corrected chi connectivity index (χ1v) is 7.19. The largest absolute Gasteiger partial charge is 0.350 e. The third kappa shape index (κ3) is 2.09. The van der Waals surface area contributed by atoms with Gasteiger partial charge < -0.3 is 5.32 Å². The van der Waals surface area contributed by atoms with Crippen LogP contribution in [-0.2, 0) is 0 Å². The van der Waals surface area contributed by atoms with Crippen molar-refractivity contribution in [3.63, 3.8) is 0 Å². The van der Waals surface area contributed by atoms with Crippen LogP contribution in [0, 0.1) is 0 Å². The van der Waals surface area contributed by atoms with E-state index in [9.17, 15) is 0 Å². The maximum Gasteiger partial charge on any atom is 0.0765 e. The van der Waals surface area contributed by atoms with Gasteiger partial charge in [0.15, 0.2) is 0 Å². The molecular formula is C11H10INS. The van der Waals surface area contributed by atoms with Crippen LogP contribution in [0.5, 0.6) is 0 Å². The van der Waals surface area contributed by atoms with Crippen LogP contribution in [0.4, 0.5) is 5.69 Å². The molecule has 72 valence electrons. The highest BCUT2D eigenvalue weighted by Gasteiger charge is 2.05. The number of hydrogen-bond donors (Lipinski definition) is 1. The highest BCUT2D eigenvalue weighted by molar-refractivity contribution is 14.2. The summed E-state index contributed by atoms with van der Waals surface area (Å²) in [5, 5.41) is 3.21. The second-order valence-corrected chi connectivity index (χ2v) is 5.69. The SMILES string of the molecule is CC(=S)Nc1cccc2c1C=CI=C2. The van der Waals surface area contributed by atoms with Crippen LogP contribution in [-0.4, -0.2) is 9.00 Å². The quantitative estimate of drug-likeness (QED) is 0.628. The standard InChI is InChI=1S/C11H10INS/c1-8(14)13-11-4-2-3-9-7-12-6-5-10(9)11/h2-7H,1H3,(H,13,14). The lowest BCUT2D eigenvalue weighted by molar-refractivity contribution is 1.58. The van der Waals surface area contributed by atoms with E-state index in [0.29, 0.717) is 0 Å².